The lowest BCUT2D eigenvalue weighted by molar-refractivity contribution is -0.110. The smallest absolute Gasteiger partial charge is 0.257 e. The Kier molecular flexibility index (Phi) is 7.37. The fraction of sp³-hybridized carbons (Fsp3) is 0.290. The summed E-state index contributed by atoms with van der Waals surface area (Å²) in [6.45, 7) is 5.34. The van der Waals surface area contributed by atoms with E-state index in [1.54, 1.807) is 29.3 Å². The number of carbonyl (C=O) groups is 2. The Morgan fingerprint density at radius 2 is 1.76 bits per heavy atom. The van der Waals surface area contributed by atoms with Gasteiger partial charge >= 0.3 is 0 Å². The molecular weight excluding hydrogens is 460 g/mol. The zero-order valence-corrected chi connectivity index (χ0v) is 21.5. The molecule has 1 saturated heterocycles. The molecule has 0 unspecified atom stereocenters. The van der Waals surface area contributed by atoms with Gasteiger partial charge < -0.3 is 15.5 Å². The van der Waals surface area contributed by atoms with Gasteiger partial charge in [0, 0.05) is 42.3 Å². The molecule has 6 heteroatoms. The highest BCUT2D eigenvalue weighted by Gasteiger charge is 2.27. The van der Waals surface area contributed by atoms with Crippen LogP contribution in [-0.2, 0) is 11.3 Å². The monoisotopic (exact) mass is 494 g/mol. The average Bonchev–Trinajstić information content (AvgIpc) is 3.26. The van der Waals surface area contributed by atoms with Gasteiger partial charge in [0.25, 0.3) is 11.8 Å². The number of hydrogen-bond acceptors (Lipinski definition) is 4. The highest BCUT2D eigenvalue weighted by Crippen LogP contribution is 2.33. The van der Waals surface area contributed by atoms with E-state index in [4.69, 9.17) is 0 Å². The van der Waals surface area contributed by atoms with Crippen LogP contribution in [0.4, 0.5) is 11.4 Å². The van der Waals surface area contributed by atoms with Gasteiger partial charge in [0.05, 0.1) is 11.6 Å². The minimum absolute atomic E-state index is 0.0729. The van der Waals surface area contributed by atoms with E-state index in [2.05, 4.69) is 27.7 Å². The number of nitrogens with zero attached hydrogens (tertiary/aromatic N) is 2. The van der Waals surface area contributed by atoms with E-state index >= 15 is 0 Å². The topological polar surface area (TPSA) is 64.7 Å². The number of nitrogens with one attached hydrogen (secondary N) is 2. The largest absolute Gasteiger partial charge is 0.361 e. The molecule has 0 bridgehead atoms. The molecule has 2 amide bonds. The highest BCUT2D eigenvalue weighted by molar-refractivity contribution is 6.32. The van der Waals surface area contributed by atoms with Gasteiger partial charge in [0.2, 0.25) is 0 Å². The predicted molar refractivity (Wildman–Crippen MR) is 149 cm³/mol. The first-order valence-corrected chi connectivity index (χ1v) is 13.1. The molecule has 0 aromatic heterocycles. The third-order valence-corrected chi connectivity index (χ3v) is 7.42. The number of piperidine rings is 1. The third-order valence-electron chi connectivity index (χ3n) is 7.42. The molecule has 6 nitrogen and oxygen atoms in total. The van der Waals surface area contributed by atoms with Gasteiger partial charge in [-0.1, -0.05) is 48.9 Å². The normalized spacial score (nSPS) is 17.2. The molecule has 3 aromatic carbocycles. The molecule has 0 aliphatic carbocycles. The van der Waals surface area contributed by atoms with Crippen molar-refractivity contribution in [1.29, 1.82) is 0 Å². The van der Waals surface area contributed by atoms with Crippen molar-refractivity contribution in [3.05, 3.63) is 101 Å². The van der Waals surface area contributed by atoms with Crippen molar-refractivity contribution in [2.45, 2.75) is 38.8 Å². The maximum absolute atomic E-state index is 13.3. The molecule has 2 heterocycles. The van der Waals surface area contributed by atoms with Gasteiger partial charge in [0.15, 0.2) is 0 Å². The molecule has 0 saturated carbocycles. The van der Waals surface area contributed by atoms with Crippen LogP contribution in [0.5, 0.6) is 0 Å². The summed E-state index contributed by atoms with van der Waals surface area (Å²) in [5, 5.41) is 6.17. The van der Waals surface area contributed by atoms with Crippen molar-refractivity contribution in [1.82, 2.24) is 9.80 Å². The standard InChI is InChI=1S/C31H34N4O2/c1-22(24-9-5-3-6-10-24)34(2)31(37)25-13-16-29-27(19-25)28(30(36)33-29)20-32-26-14-11-23(12-15-26)21-35-17-7-4-8-18-35/h3,5-6,9-16,19-20,22,32H,4,7-8,17-18,21H2,1-2H3,(H,33,36)/t22-/m0/s1. The van der Waals surface area contributed by atoms with Gasteiger partial charge in [-0.25, -0.2) is 0 Å². The Labute approximate surface area is 219 Å². The van der Waals surface area contributed by atoms with Crippen molar-refractivity contribution in [3.63, 3.8) is 0 Å². The lowest BCUT2D eigenvalue weighted by Gasteiger charge is -2.26. The fourth-order valence-electron chi connectivity index (χ4n) is 5.04. The Bertz CT molecular complexity index is 1290. The summed E-state index contributed by atoms with van der Waals surface area (Å²) in [5.74, 6) is -0.269. The number of rotatable bonds is 7. The van der Waals surface area contributed by atoms with E-state index in [0.717, 1.165) is 23.4 Å². The van der Waals surface area contributed by atoms with Crippen molar-refractivity contribution >= 4 is 28.8 Å². The van der Waals surface area contributed by atoms with Crippen molar-refractivity contribution in [2.75, 3.05) is 30.8 Å². The number of likely N-dealkylation sites (tertiary alicyclic amines) is 1. The minimum Gasteiger partial charge on any atom is -0.361 e. The molecule has 0 radical (unpaired) electrons. The van der Waals surface area contributed by atoms with E-state index in [1.165, 1.54) is 37.9 Å². The predicted octanol–water partition coefficient (Wildman–Crippen LogP) is 5.91. The summed E-state index contributed by atoms with van der Waals surface area (Å²) in [4.78, 5) is 30.2. The molecule has 1 fully saturated rings. The average molecular weight is 495 g/mol. The first-order chi connectivity index (χ1) is 18.0. The Morgan fingerprint density at radius 3 is 2.49 bits per heavy atom. The number of hydrogen-bond donors (Lipinski definition) is 2. The van der Waals surface area contributed by atoms with Crippen LogP contribution in [0.2, 0.25) is 0 Å². The fourth-order valence-corrected chi connectivity index (χ4v) is 5.04. The molecule has 2 aliphatic rings. The number of anilines is 2. The highest BCUT2D eigenvalue weighted by atomic mass is 16.2. The van der Waals surface area contributed by atoms with Crippen LogP contribution in [0.1, 0.15) is 59.3 Å². The first-order valence-electron chi connectivity index (χ1n) is 13.1. The molecule has 2 N–H and O–H groups in total. The van der Waals surface area contributed by atoms with Gasteiger partial charge in [-0.05, 0) is 74.3 Å². The number of amides is 2. The maximum Gasteiger partial charge on any atom is 0.257 e. The zero-order chi connectivity index (χ0) is 25.8. The quantitative estimate of drug-likeness (QED) is 0.401. The molecule has 2 aliphatic heterocycles. The van der Waals surface area contributed by atoms with Gasteiger partial charge in [-0.3, -0.25) is 14.5 Å². The summed E-state index contributed by atoms with van der Waals surface area (Å²) in [6.07, 6.45) is 5.63. The Hall–Kier alpha value is -3.90. The van der Waals surface area contributed by atoms with Crippen LogP contribution >= 0.6 is 0 Å². The molecule has 190 valence electrons. The van der Waals surface area contributed by atoms with E-state index in [0.29, 0.717) is 16.8 Å². The molecule has 3 aromatic rings. The summed E-state index contributed by atoms with van der Waals surface area (Å²) < 4.78 is 0. The SMILES string of the molecule is C[C@@H](c1ccccc1)N(C)C(=O)c1ccc2c(c1)C(=CNc1ccc(CN3CCCCC3)cc1)C(=O)N2. The van der Waals surface area contributed by atoms with Crippen LogP contribution < -0.4 is 10.6 Å². The Morgan fingerprint density at radius 1 is 1.03 bits per heavy atom. The van der Waals surface area contributed by atoms with Gasteiger partial charge in [-0.2, -0.15) is 0 Å². The van der Waals surface area contributed by atoms with Crippen LogP contribution in [-0.4, -0.2) is 41.8 Å². The molecule has 37 heavy (non-hydrogen) atoms. The molecule has 0 spiro atoms. The minimum atomic E-state index is -0.181. The van der Waals surface area contributed by atoms with E-state index in [1.807, 2.05) is 56.4 Å². The second-order valence-electron chi connectivity index (χ2n) is 9.95. The van der Waals surface area contributed by atoms with E-state index in [-0.39, 0.29) is 17.9 Å². The van der Waals surface area contributed by atoms with Crippen molar-refractivity contribution < 1.29 is 9.59 Å². The van der Waals surface area contributed by atoms with Gasteiger partial charge in [-0.15, -0.1) is 0 Å². The van der Waals surface area contributed by atoms with Crippen LogP contribution in [0.25, 0.3) is 5.57 Å². The number of fused-ring (bicyclic) bond motifs is 1. The van der Waals surface area contributed by atoms with Crippen LogP contribution in [0.3, 0.4) is 0 Å². The van der Waals surface area contributed by atoms with E-state index < -0.39 is 0 Å². The Balaban J connectivity index is 1.29. The van der Waals surface area contributed by atoms with E-state index in [9.17, 15) is 9.59 Å². The molecule has 1 atom stereocenters. The number of benzene rings is 3. The van der Waals surface area contributed by atoms with Crippen molar-refractivity contribution in [3.8, 4) is 0 Å². The summed E-state index contributed by atoms with van der Waals surface area (Å²) >= 11 is 0. The lowest BCUT2D eigenvalue weighted by Crippen LogP contribution is -2.29. The third kappa shape index (κ3) is 5.59. The second kappa shape index (κ2) is 11.0. The zero-order valence-electron chi connectivity index (χ0n) is 21.5. The van der Waals surface area contributed by atoms with Crippen LogP contribution in [0.15, 0.2) is 79.0 Å². The number of carbonyl (C=O) groups excluding carboxylic acids is 2. The maximum atomic E-state index is 13.3. The summed E-state index contributed by atoms with van der Waals surface area (Å²) in [5.41, 5.74) is 5.79. The first kappa shape index (κ1) is 24.8. The van der Waals surface area contributed by atoms with Gasteiger partial charge in [0.1, 0.15) is 0 Å². The lowest BCUT2D eigenvalue weighted by atomic mass is 10.0. The summed E-state index contributed by atoms with van der Waals surface area (Å²) in [7, 11) is 1.81. The van der Waals surface area contributed by atoms with Crippen LogP contribution in [0, 0.1) is 0 Å². The van der Waals surface area contributed by atoms with Crippen molar-refractivity contribution in [2.24, 2.45) is 0 Å². The molecular formula is C31H34N4O2. The summed E-state index contributed by atoms with van der Waals surface area (Å²) in [6, 6.07) is 23.6. The second-order valence-corrected chi connectivity index (χ2v) is 9.95. The molecule has 5 rings (SSSR count).